The number of aliphatic hydroxyl groups is 1. The van der Waals surface area contributed by atoms with Crippen molar-refractivity contribution in [2.24, 2.45) is 11.8 Å². The van der Waals surface area contributed by atoms with Crippen LogP contribution in [0.15, 0.2) is 60.7 Å². The van der Waals surface area contributed by atoms with Crippen molar-refractivity contribution in [1.82, 2.24) is 4.90 Å². The predicted molar refractivity (Wildman–Crippen MR) is 93.0 cm³/mol. The second-order valence-corrected chi connectivity index (χ2v) is 7.13. The summed E-state index contributed by atoms with van der Waals surface area (Å²) in [7, 11) is 2.24. The molecule has 2 heteroatoms. The van der Waals surface area contributed by atoms with Gasteiger partial charge in [0.05, 0.1) is 6.10 Å². The summed E-state index contributed by atoms with van der Waals surface area (Å²) in [4.78, 5) is 2.52. The van der Waals surface area contributed by atoms with Crippen molar-refractivity contribution < 1.29 is 5.11 Å². The number of benzene rings is 2. The Morgan fingerprint density at radius 1 is 0.783 bits per heavy atom. The molecule has 2 aromatic rings. The molecular weight excluding hydrogens is 282 g/mol. The molecule has 0 aromatic heterocycles. The molecule has 1 unspecified atom stereocenters. The highest BCUT2D eigenvalue weighted by atomic mass is 16.3. The molecule has 2 aromatic carbocycles. The molecule has 5 atom stereocenters. The molecule has 1 heterocycles. The van der Waals surface area contributed by atoms with Gasteiger partial charge in [0, 0.05) is 23.9 Å². The van der Waals surface area contributed by atoms with Crippen molar-refractivity contribution in [3.05, 3.63) is 71.8 Å². The third-order valence-corrected chi connectivity index (χ3v) is 5.92. The van der Waals surface area contributed by atoms with Gasteiger partial charge in [-0.3, -0.25) is 4.90 Å². The number of rotatable bonds is 2. The third-order valence-electron chi connectivity index (χ3n) is 5.92. The minimum Gasteiger partial charge on any atom is -0.392 e. The molecule has 2 fully saturated rings. The quantitative estimate of drug-likeness (QED) is 0.899. The zero-order chi connectivity index (χ0) is 15.8. The molecule has 1 saturated carbocycles. The number of piperidine rings is 1. The van der Waals surface area contributed by atoms with E-state index in [1.165, 1.54) is 17.5 Å². The van der Waals surface area contributed by atoms with Gasteiger partial charge in [-0.25, -0.2) is 0 Å². The zero-order valence-corrected chi connectivity index (χ0v) is 13.7. The lowest BCUT2D eigenvalue weighted by molar-refractivity contribution is -0.112. The number of hydrogen-bond acceptors (Lipinski definition) is 2. The van der Waals surface area contributed by atoms with E-state index in [9.17, 15) is 5.11 Å². The largest absolute Gasteiger partial charge is 0.392 e. The van der Waals surface area contributed by atoms with Crippen LogP contribution in [-0.4, -0.2) is 23.2 Å². The molecule has 23 heavy (non-hydrogen) atoms. The fraction of sp³-hybridized carbons (Fsp3) is 0.429. The van der Waals surface area contributed by atoms with E-state index in [2.05, 4.69) is 72.6 Å². The summed E-state index contributed by atoms with van der Waals surface area (Å²) in [6.07, 6.45) is 3.29. The molecule has 0 spiro atoms. The van der Waals surface area contributed by atoms with E-state index in [-0.39, 0.29) is 6.10 Å². The molecular formula is C21H25NO. The van der Waals surface area contributed by atoms with Gasteiger partial charge >= 0.3 is 0 Å². The molecule has 1 aliphatic carbocycles. The second-order valence-electron chi connectivity index (χ2n) is 7.13. The Morgan fingerprint density at radius 3 is 1.65 bits per heavy atom. The van der Waals surface area contributed by atoms with Crippen LogP contribution in [0.4, 0.5) is 0 Å². The molecule has 2 aliphatic rings. The van der Waals surface area contributed by atoms with Crippen molar-refractivity contribution in [2.75, 3.05) is 7.05 Å². The number of nitrogens with zero attached hydrogens (tertiary/aromatic N) is 1. The SMILES string of the molecule is CN1[C@H](c2ccccc2)[C@H]2CCC[C@@H](C2O)[C@@H]1c1ccccc1. The molecule has 120 valence electrons. The minimum absolute atomic E-state index is 0.199. The van der Waals surface area contributed by atoms with Crippen LogP contribution in [0, 0.1) is 11.8 Å². The first-order valence-electron chi connectivity index (χ1n) is 8.77. The Balaban J connectivity index is 1.78. The van der Waals surface area contributed by atoms with E-state index in [0.29, 0.717) is 23.9 Å². The van der Waals surface area contributed by atoms with Crippen LogP contribution < -0.4 is 0 Å². The normalized spacial score (nSPS) is 34.3. The Hall–Kier alpha value is -1.64. The number of fused-ring (bicyclic) bond motifs is 2. The van der Waals surface area contributed by atoms with Crippen LogP contribution in [0.25, 0.3) is 0 Å². The second kappa shape index (κ2) is 6.10. The molecule has 0 radical (unpaired) electrons. The smallest absolute Gasteiger partial charge is 0.0633 e. The lowest BCUT2D eigenvalue weighted by atomic mass is 9.65. The van der Waals surface area contributed by atoms with Crippen LogP contribution in [0.2, 0.25) is 0 Å². The maximum atomic E-state index is 11.0. The summed E-state index contributed by atoms with van der Waals surface area (Å²) in [6.45, 7) is 0. The summed E-state index contributed by atoms with van der Waals surface area (Å²) in [5.74, 6) is 0.697. The predicted octanol–water partition coefficient (Wildman–Crippen LogP) is 4.19. The number of aliphatic hydroxyl groups excluding tert-OH is 1. The molecule has 1 aliphatic heterocycles. The van der Waals surface area contributed by atoms with Gasteiger partial charge in [0.15, 0.2) is 0 Å². The fourth-order valence-corrected chi connectivity index (χ4v) is 4.98. The van der Waals surface area contributed by atoms with Gasteiger partial charge in [-0.1, -0.05) is 67.1 Å². The Morgan fingerprint density at radius 2 is 1.22 bits per heavy atom. The van der Waals surface area contributed by atoms with Gasteiger partial charge in [0.2, 0.25) is 0 Å². The van der Waals surface area contributed by atoms with Gasteiger partial charge in [0.1, 0.15) is 0 Å². The minimum atomic E-state index is -0.199. The van der Waals surface area contributed by atoms with Crippen LogP contribution in [0.1, 0.15) is 42.5 Å². The highest BCUT2D eigenvalue weighted by Crippen LogP contribution is 2.52. The topological polar surface area (TPSA) is 23.5 Å². The van der Waals surface area contributed by atoms with Crippen molar-refractivity contribution in [3.8, 4) is 0 Å². The van der Waals surface area contributed by atoms with Crippen molar-refractivity contribution in [2.45, 2.75) is 37.5 Å². The third kappa shape index (κ3) is 2.50. The van der Waals surface area contributed by atoms with Gasteiger partial charge in [-0.05, 0) is 31.0 Å². The van der Waals surface area contributed by atoms with Gasteiger partial charge < -0.3 is 5.11 Å². The Labute approximate surface area is 138 Å². The molecule has 2 bridgehead atoms. The average molecular weight is 307 g/mol. The molecule has 1 saturated heterocycles. The van der Waals surface area contributed by atoms with E-state index >= 15 is 0 Å². The average Bonchev–Trinajstić information content (AvgIpc) is 2.59. The lowest BCUT2D eigenvalue weighted by Gasteiger charge is -2.54. The van der Waals surface area contributed by atoms with Crippen LogP contribution in [0.3, 0.4) is 0 Å². The van der Waals surface area contributed by atoms with E-state index in [4.69, 9.17) is 0 Å². The van der Waals surface area contributed by atoms with E-state index in [0.717, 1.165) is 12.8 Å². The summed E-state index contributed by atoms with van der Waals surface area (Å²) in [6, 6.07) is 22.0. The zero-order valence-electron chi connectivity index (χ0n) is 13.7. The summed E-state index contributed by atoms with van der Waals surface area (Å²) in [5, 5.41) is 11.0. The maximum absolute atomic E-state index is 11.0. The first-order valence-corrected chi connectivity index (χ1v) is 8.77. The summed E-state index contributed by atoms with van der Waals surface area (Å²) in [5.41, 5.74) is 2.67. The lowest BCUT2D eigenvalue weighted by Crippen LogP contribution is -2.53. The maximum Gasteiger partial charge on any atom is 0.0633 e. The fourth-order valence-electron chi connectivity index (χ4n) is 4.98. The summed E-state index contributed by atoms with van der Waals surface area (Å²) < 4.78 is 0. The van der Waals surface area contributed by atoms with Gasteiger partial charge in [-0.2, -0.15) is 0 Å². The molecule has 1 N–H and O–H groups in total. The Kier molecular flexibility index (Phi) is 3.96. The first-order chi connectivity index (χ1) is 11.3. The standard InChI is InChI=1S/C21H25NO/c1-22-19(15-9-4-2-5-10-15)17-13-8-14-18(21(17)23)20(22)16-11-6-3-7-12-16/h2-7,9-12,17-21,23H,8,13-14H2,1H3/t17-,18-,19-,20+,21?/m1/s1. The van der Waals surface area contributed by atoms with Crippen LogP contribution >= 0.6 is 0 Å². The summed E-state index contributed by atoms with van der Waals surface area (Å²) >= 11 is 0. The van der Waals surface area contributed by atoms with Gasteiger partial charge in [0.25, 0.3) is 0 Å². The van der Waals surface area contributed by atoms with Crippen molar-refractivity contribution in [1.29, 1.82) is 0 Å². The first kappa shape index (κ1) is 14.9. The highest BCUT2D eigenvalue weighted by Gasteiger charge is 2.49. The van der Waals surface area contributed by atoms with Crippen molar-refractivity contribution in [3.63, 3.8) is 0 Å². The molecule has 4 rings (SSSR count). The molecule has 0 amide bonds. The number of likely N-dealkylation sites (tertiary alicyclic amines) is 1. The van der Waals surface area contributed by atoms with Crippen LogP contribution in [0.5, 0.6) is 0 Å². The Bertz CT molecular complexity index is 586. The van der Waals surface area contributed by atoms with Gasteiger partial charge in [-0.15, -0.1) is 0 Å². The highest BCUT2D eigenvalue weighted by molar-refractivity contribution is 5.27. The number of hydrogen-bond donors (Lipinski definition) is 1. The molecule has 2 nitrogen and oxygen atoms in total. The van der Waals surface area contributed by atoms with E-state index in [1.54, 1.807) is 0 Å². The van der Waals surface area contributed by atoms with Crippen molar-refractivity contribution >= 4 is 0 Å². The van der Waals surface area contributed by atoms with E-state index in [1.807, 2.05) is 0 Å². The van der Waals surface area contributed by atoms with Crippen LogP contribution in [-0.2, 0) is 0 Å². The monoisotopic (exact) mass is 307 g/mol. The van der Waals surface area contributed by atoms with E-state index < -0.39 is 0 Å².